The molecule has 0 saturated carbocycles. The van der Waals surface area contributed by atoms with E-state index < -0.39 is 155 Å². The zero-order chi connectivity index (χ0) is 45.5. The van der Waals surface area contributed by atoms with Crippen LogP contribution in [0.25, 0.3) is 0 Å². The molecule has 0 atom stereocenters. The minimum atomic E-state index is -5.08. The van der Waals surface area contributed by atoms with Crippen LogP contribution in [-0.4, -0.2) is 92.7 Å². The average molecular weight is 921 g/mol. The van der Waals surface area contributed by atoms with Gasteiger partial charge in [0.15, 0.2) is 0 Å². The van der Waals surface area contributed by atoms with Crippen LogP contribution in [0.3, 0.4) is 0 Å². The van der Waals surface area contributed by atoms with Crippen molar-refractivity contribution in [1.29, 1.82) is 0 Å². The molecule has 1 aliphatic carbocycles. The lowest BCUT2D eigenvalue weighted by Gasteiger charge is -2.28. The zero-order valence-electron chi connectivity index (χ0n) is 31.7. The van der Waals surface area contributed by atoms with Crippen LogP contribution >= 0.6 is 0 Å². The van der Waals surface area contributed by atoms with Crippen molar-refractivity contribution in [2.75, 3.05) is 0 Å². The molecule has 1 aliphatic rings. The Balaban J connectivity index is 2.09. The summed E-state index contributed by atoms with van der Waals surface area (Å²) < 4.78 is 137. The van der Waals surface area contributed by atoms with Crippen molar-refractivity contribution in [1.82, 2.24) is 0 Å². The topological polar surface area (TPSA) is 379 Å². The molecule has 5 rings (SSSR count). The smallest absolute Gasteiger partial charge is 0.269 e. The molecule has 328 valence electrons. The van der Waals surface area contributed by atoms with Crippen LogP contribution in [0.4, 0.5) is 0 Å². The fraction of sp³-hybridized carbons (Fsp3) is 0.333. The lowest BCUT2D eigenvalue weighted by molar-refractivity contribution is 0.414. The van der Waals surface area contributed by atoms with Gasteiger partial charge in [-0.2, -0.15) is 33.7 Å². The molecule has 0 amide bonds. The van der Waals surface area contributed by atoms with E-state index in [0.29, 0.717) is 0 Å². The maximum atomic E-state index is 12.2. The number of rotatable bonds is 8. The Labute approximate surface area is 343 Å². The summed E-state index contributed by atoms with van der Waals surface area (Å²) in [7, 11) is -20.3. The Morgan fingerprint density at radius 1 is 0.317 bits per heavy atom. The van der Waals surface area contributed by atoms with Crippen molar-refractivity contribution in [3.05, 3.63) is 91.0 Å². The van der Waals surface area contributed by atoms with Crippen LogP contribution < -0.4 is 0 Å². The van der Waals surface area contributed by atoms with Crippen LogP contribution in [-0.2, 0) is 63.5 Å². The molecule has 20 nitrogen and oxygen atoms in total. The minimum absolute atomic E-state index is 0.368. The molecule has 0 unspecified atom stereocenters. The van der Waals surface area contributed by atoms with E-state index in [2.05, 4.69) is 0 Å². The van der Waals surface area contributed by atoms with Crippen LogP contribution in [0, 0.1) is 0 Å². The number of fused-ring (bicyclic) bond motifs is 8. The van der Waals surface area contributed by atoms with Gasteiger partial charge in [-0.25, -0.2) is 0 Å². The van der Waals surface area contributed by atoms with Gasteiger partial charge < -0.3 is 40.9 Å². The number of phenolic OH excluding ortho intramolecular Hbond substituents is 8. The van der Waals surface area contributed by atoms with Crippen molar-refractivity contribution >= 4 is 40.5 Å². The summed E-state index contributed by atoms with van der Waals surface area (Å²) in [4.78, 5) is 0. The number of hydrogen-bond donors (Lipinski definition) is 12. The second-order valence-electron chi connectivity index (χ2n) is 14.7. The first-order chi connectivity index (χ1) is 27.2. The third kappa shape index (κ3) is 8.86. The van der Waals surface area contributed by atoms with Gasteiger partial charge in [0.25, 0.3) is 40.5 Å². The van der Waals surface area contributed by atoms with E-state index >= 15 is 0 Å². The standard InChI is InChI=1S/C36H40O20S4/c1-13-17-5-19(31(39)25(29(17)37)9-57(45,46)47)14(2)21-7-23(35(43)27(33(21)41)11-59(51,52)53)16(4)24-8-22(34(42)28(36(24)44)12-60(54,55)56)15(3)20-6-18(13)30(38)26(32(20)40)10-58(48,49)50/h5-8,13-16,37-44H,9-12H2,1-4H3,(H,45,46,47)(H,48,49,50)(H,51,52,53)(H,54,55,56)/t13-,14+,15-,16+. The van der Waals surface area contributed by atoms with E-state index in [1.807, 2.05) is 0 Å². The Kier molecular flexibility index (Phi) is 11.8. The largest absolute Gasteiger partial charge is 0.507 e. The molecule has 4 aromatic rings. The van der Waals surface area contributed by atoms with E-state index in [-0.39, 0.29) is 44.5 Å². The highest BCUT2D eigenvalue weighted by atomic mass is 32.2. The van der Waals surface area contributed by atoms with Gasteiger partial charge in [0, 0.05) is 68.2 Å². The molecule has 0 saturated heterocycles. The number of phenols is 8. The van der Waals surface area contributed by atoms with Gasteiger partial charge in [-0.15, -0.1) is 0 Å². The van der Waals surface area contributed by atoms with Gasteiger partial charge in [0.2, 0.25) is 0 Å². The zero-order valence-corrected chi connectivity index (χ0v) is 35.0. The highest BCUT2D eigenvalue weighted by Gasteiger charge is 2.36. The first-order valence-electron chi connectivity index (χ1n) is 17.3. The molecule has 4 aromatic carbocycles. The Hall–Kier alpha value is -5.08. The van der Waals surface area contributed by atoms with Crippen molar-refractivity contribution in [2.45, 2.75) is 74.4 Å². The summed E-state index contributed by atoms with van der Waals surface area (Å²) in [5.41, 5.74) is -6.29. The third-order valence-electron chi connectivity index (χ3n) is 10.8. The Bertz CT molecular complexity index is 2410. The first kappa shape index (κ1) is 46.0. The molecule has 0 spiro atoms. The van der Waals surface area contributed by atoms with Crippen molar-refractivity contribution < 1.29 is 92.7 Å². The lowest BCUT2D eigenvalue weighted by atomic mass is 9.78. The maximum absolute atomic E-state index is 12.2. The fourth-order valence-electron chi connectivity index (χ4n) is 7.65. The Morgan fingerprint density at radius 3 is 0.533 bits per heavy atom. The summed E-state index contributed by atoms with van der Waals surface area (Å²) >= 11 is 0. The van der Waals surface area contributed by atoms with E-state index in [1.165, 1.54) is 27.7 Å². The van der Waals surface area contributed by atoms with E-state index in [1.54, 1.807) is 0 Å². The van der Waals surface area contributed by atoms with Crippen LogP contribution in [0.1, 0.15) is 118 Å². The molecule has 60 heavy (non-hydrogen) atoms. The number of benzene rings is 4. The predicted molar refractivity (Wildman–Crippen MR) is 210 cm³/mol. The van der Waals surface area contributed by atoms with Gasteiger partial charge in [-0.3, -0.25) is 18.2 Å². The highest BCUT2D eigenvalue weighted by Crippen LogP contribution is 2.53. The molecular formula is C36H40O20S4. The molecular weight excluding hydrogens is 881 g/mol. The summed E-state index contributed by atoms with van der Waals surface area (Å²) in [6.45, 7) is 5.06. The summed E-state index contributed by atoms with van der Waals surface area (Å²) in [5.74, 6) is -19.6. The van der Waals surface area contributed by atoms with Gasteiger partial charge in [0.1, 0.15) is 69.0 Å². The molecule has 0 aromatic heterocycles. The van der Waals surface area contributed by atoms with Crippen molar-refractivity contribution in [3.8, 4) is 46.0 Å². The second-order valence-corrected chi connectivity index (χ2v) is 20.5. The monoisotopic (exact) mass is 920 g/mol. The number of hydrogen-bond acceptors (Lipinski definition) is 16. The van der Waals surface area contributed by atoms with Crippen LogP contribution in [0.5, 0.6) is 46.0 Å². The summed E-state index contributed by atoms with van der Waals surface area (Å²) in [5, 5.41) is 92.2. The Morgan fingerprint density at radius 2 is 0.433 bits per heavy atom. The molecule has 24 heteroatoms. The normalized spacial score (nSPS) is 18.7. The molecule has 0 heterocycles. The average Bonchev–Trinajstić information content (AvgIpc) is 3.09. The van der Waals surface area contributed by atoms with Crippen molar-refractivity contribution in [3.63, 3.8) is 0 Å². The van der Waals surface area contributed by atoms with E-state index in [9.17, 15) is 92.7 Å². The summed E-state index contributed by atoms with van der Waals surface area (Å²) in [6, 6.07) is 4.21. The lowest BCUT2D eigenvalue weighted by Crippen LogP contribution is -2.13. The van der Waals surface area contributed by atoms with Gasteiger partial charge in [-0.1, -0.05) is 27.7 Å². The van der Waals surface area contributed by atoms with Gasteiger partial charge in [-0.05, 0) is 24.3 Å². The van der Waals surface area contributed by atoms with Crippen molar-refractivity contribution in [2.24, 2.45) is 0 Å². The third-order valence-corrected chi connectivity index (χ3v) is 13.4. The SMILES string of the molecule is C[C@H]1c2cc(c(O)c(CS(=O)(=O)O)c2O)[C@@H](C)c2cc(c(O)c(CS(=O)(=O)O)c2O)[C@@H](C)c2cc(c(O)c(CS(=O)(=O)O)c2O)[C@@H](C)c2cc1c(O)c(CS(=O)(=O)O)c2O. The van der Waals surface area contributed by atoms with Crippen LogP contribution in [0.15, 0.2) is 24.3 Å². The maximum Gasteiger partial charge on any atom is 0.269 e. The molecule has 12 N–H and O–H groups in total. The summed E-state index contributed by atoms with van der Waals surface area (Å²) in [6.07, 6.45) is 0. The predicted octanol–water partition coefficient (Wildman–Crippen LogP) is 3.80. The van der Waals surface area contributed by atoms with Gasteiger partial charge >= 0.3 is 0 Å². The van der Waals surface area contributed by atoms with Crippen LogP contribution in [0.2, 0.25) is 0 Å². The second kappa shape index (κ2) is 15.4. The van der Waals surface area contributed by atoms with Gasteiger partial charge in [0.05, 0.1) is 22.3 Å². The molecule has 0 radical (unpaired) electrons. The minimum Gasteiger partial charge on any atom is -0.507 e. The van der Waals surface area contributed by atoms with E-state index in [4.69, 9.17) is 0 Å². The molecule has 0 aliphatic heterocycles. The fourth-order valence-corrected chi connectivity index (χ4v) is 10.2. The first-order valence-corrected chi connectivity index (χ1v) is 23.8. The molecule has 8 bridgehead atoms. The number of aromatic hydroxyl groups is 8. The quantitative estimate of drug-likeness (QED) is 0.112. The molecule has 0 fully saturated rings. The highest BCUT2D eigenvalue weighted by molar-refractivity contribution is 7.85. The van der Waals surface area contributed by atoms with E-state index in [0.717, 1.165) is 24.3 Å².